The SMILES string of the molecule is CCCCCCCCCCCC(C[C@@H]1OC(=O)[C@H]1CCCCCC)OC(=O)CNC=O. The summed E-state index contributed by atoms with van der Waals surface area (Å²) in [5.74, 6) is -0.607. The number of rotatable bonds is 21. The van der Waals surface area contributed by atoms with E-state index in [1.165, 1.54) is 57.8 Å². The molecular weight excluding hydrogens is 394 g/mol. The largest absolute Gasteiger partial charge is 0.461 e. The molecule has 6 nitrogen and oxygen atoms in total. The second-order valence-electron chi connectivity index (χ2n) is 8.89. The normalized spacial score (nSPS) is 18.7. The Morgan fingerprint density at radius 2 is 1.55 bits per heavy atom. The van der Waals surface area contributed by atoms with Crippen LogP contribution in [0, 0.1) is 5.92 Å². The summed E-state index contributed by atoms with van der Waals surface area (Å²) >= 11 is 0. The third-order valence-electron chi connectivity index (χ3n) is 6.14. The Balaban J connectivity index is 2.36. The zero-order valence-electron chi connectivity index (χ0n) is 19.9. The molecule has 1 aliphatic rings. The summed E-state index contributed by atoms with van der Waals surface area (Å²) < 4.78 is 11.0. The minimum atomic E-state index is -0.432. The van der Waals surface area contributed by atoms with E-state index in [2.05, 4.69) is 19.2 Å². The zero-order chi connectivity index (χ0) is 22.7. The molecule has 1 rings (SSSR count). The Bertz CT molecular complexity index is 496. The molecule has 1 saturated heterocycles. The quantitative estimate of drug-likeness (QED) is 0.146. The lowest BCUT2D eigenvalue weighted by atomic mass is 9.86. The third kappa shape index (κ3) is 12.8. The van der Waals surface area contributed by atoms with Gasteiger partial charge in [0.25, 0.3) is 0 Å². The lowest BCUT2D eigenvalue weighted by molar-refractivity contribution is -0.190. The molecule has 1 N–H and O–H groups in total. The molecule has 0 aromatic heterocycles. The summed E-state index contributed by atoms with van der Waals surface area (Å²) in [5, 5.41) is 2.35. The fraction of sp³-hybridized carbons (Fsp3) is 0.880. The second-order valence-corrected chi connectivity index (χ2v) is 8.89. The van der Waals surface area contributed by atoms with Gasteiger partial charge < -0.3 is 14.8 Å². The number of carbonyl (C=O) groups excluding carboxylic acids is 3. The molecule has 1 heterocycles. The molecule has 180 valence electrons. The van der Waals surface area contributed by atoms with Crippen molar-refractivity contribution in [1.29, 1.82) is 0 Å². The number of ether oxygens (including phenoxy) is 2. The predicted molar refractivity (Wildman–Crippen MR) is 123 cm³/mol. The average Bonchev–Trinajstić information content (AvgIpc) is 2.75. The van der Waals surface area contributed by atoms with Gasteiger partial charge in [0.1, 0.15) is 18.8 Å². The summed E-state index contributed by atoms with van der Waals surface area (Å²) in [6.07, 6.45) is 18.0. The number of hydrogen-bond donors (Lipinski definition) is 1. The monoisotopic (exact) mass is 439 g/mol. The molecule has 6 heteroatoms. The highest BCUT2D eigenvalue weighted by Crippen LogP contribution is 2.32. The van der Waals surface area contributed by atoms with Crippen LogP contribution in [0.25, 0.3) is 0 Å². The maximum Gasteiger partial charge on any atom is 0.325 e. The first-order valence-corrected chi connectivity index (χ1v) is 12.7. The van der Waals surface area contributed by atoms with Crippen LogP contribution in [0.15, 0.2) is 0 Å². The highest BCUT2D eigenvalue weighted by molar-refractivity contribution is 5.78. The van der Waals surface area contributed by atoms with Gasteiger partial charge in [0.05, 0.1) is 5.92 Å². The Kier molecular flexibility index (Phi) is 16.0. The fourth-order valence-electron chi connectivity index (χ4n) is 4.22. The Hall–Kier alpha value is -1.59. The average molecular weight is 440 g/mol. The summed E-state index contributed by atoms with van der Waals surface area (Å²) in [7, 11) is 0. The molecule has 0 saturated carbocycles. The van der Waals surface area contributed by atoms with Crippen molar-refractivity contribution in [3.8, 4) is 0 Å². The van der Waals surface area contributed by atoms with E-state index < -0.39 is 5.97 Å². The molecule has 0 aromatic rings. The topological polar surface area (TPSA) is 81.7 Å². The van der Waals surface area contributed by atoms with E-state index in [-0.39, 0.29) is 30.6 Å². The zero-order valence-corrected chi connectivity index (χ0v) is 19.9. The molecule has 0 radical (unpaired) electrons. The summed E-state index contributed by atoms with van der Waals surface area (Å²) in [6, 6.07) is 0. The number of unbranched alkanes of at least 4 members (excludes halogenated alkanes) is 11. The number of amides is 1. The second kappa shape index (κ2) is 18.0. The smallest absolute Gasteiger partial charge is 0.325 e. The first kappa shape index (κ1) is 27.4. The number of hydrogen-bond acceptors (Lipinski definition) is 5. The van der Waals surface area contributed by atoms with Crippen LogP contribution in [-0.2, 0) is 23.9 Å². The van der Waals surface area contributed by atoms with Gasteiger partial charge in [-0.15, -0.1) is 0 Å². The molecule has 0 spiro atoms. The van der Waals surface area contributed by atoms with E-state index in [9.17, 15) is 14.4 Å². The third-order valence-corrected chi connectivity index (χ3v) is 6.14. The van der Waals surface area contributed by atoms with Crippen LogP contribution in [0.1, 0.15) is 117 Å². The highest BCUT2D eigenvalue weighted by atomic mass is 16.6. The maximum atomic E-state index is 12.0. The molecule has 0 bridgehead atoms. The Morgan fingerprint density at radius 1 is 0.968 bits per heavy atom. The Morgan fingerprint density at radius 3 is 2.13 bits per heavy atom. The lowest BCUT2D eigenvalue weighted by Gasteiger charge is -2.37. The minimum absolute atomic E-state index is 0.0609. The number of esters is 2. The number of cyclic esters (lactones) is 1. The molecule has 0 aliphatic carbocycles. The van der Waals surface area contributed by atoms with Gasteiger partial charge in [-0.1, -0.05) is 90.9 Å². The van der Waals surface area contributed by atoms with Gasteiger partial charge >= 0.3 is 11.9 Å². The van der Waals surface area contributed by atoms with E-state index in [0.29, 0.717) is 12.8 Å². The van der Waals surface area contributed by atoms with Crippen LogP contribution in [0.4, 0.5) is 0 Å². The van der Waals surface area contributed by atoms with E-state index in [4.69, 9.17) is 9.47 Å². The van der Waals surface area contributed by atoms with Crippen molar-refractivity contribution >= 4 is 18.3 Å². The summed E-state index contributed by atoms with van der Waals surface area (Å²) in [5.41, 5.74) is 0. The van der Waals surface area contributed by atoms with Crippen LogP contribution in [0.2, 0.25) is 0 Å². The fourth-order valence-corrected chi connectivity index (χ4v) is 4.22. The molecule has 1 unspecified atom stereocenters. The van der Waals surface area contributed by atoms with Crippen LogP contribution in [0.5, 0.6) is 0 Å². The molecule has 1 amide bonds. The van der Waals surface area contributed by atoms with Gasteiger partial charge in [0.15, 0.2) is 0 Å². The van der Waals surface area contributed by atoms with Gasteiger partial charge in [-0.3, -0.25) is 14.4 Å². The van der Waals surface area contributed by atoms with E-state index in [1.807, 2.05) is 0 Å². The highest BCUT2D eigenvalue weighted by Gasteiger charge is 2.43. The standard InChI is InChI=1S/C25H45NO5/c1-3-5-7-9-10-11-12-13-14-16-21(30-24(28)19-26-20-27)18-23-22(25(29)31-23)17-15-8-6-4-2/h20-23H,3-19H2,1-2H3,(H,26,27)/t21?,22-,23-/m0/s1. The lowest BCUT2D eigenvalue weighted by Crippen LogP contribution is -2.47. The predicted octanol–water partition coefficient (Wildman–Crippen LogP) is 5.47. The van der Waals surface area contributed by atoms with Crippen molar-refractivity contribution in [1.82, 2.24) is 5.32 Å². The van der Waals surface area contributed by atoms with Crippen LogP contribution >= 0.6 is 0 Å². The minimum Gasteiger partial charge on any atom is -0.461 e. The molecule has 0 aromatic carbocycles. The molecule has 3 atom stereocenters. The number of nitrogens with one attached hydrogen (secondary N) is 1. The van der Waals surface area contributed by atoms with Crippen LogP contribution < -0.4 is 5.32 Å². The van der Waals surface area contributed by atoms with Gasteiger partial charge in [-0.25, -0.2) is 0 Å². The van der Waals surface area contributed by atoms with Crippen molar-refractivity contribution < 1.29 is 23.9 Å². The number of carbonyl (C=O) groups is 3. The van der Waals surface area contributed by atoms with E-state index in [1.54, 1.807) is 0 Å². The molecule has 1 aliphatic heterocycles. The van der Waals surface area contributed by atoms with Crippen molar-refractivity contribution in [2.45, 2.75) is 129 Å². The van der Waals surface area contributed by atoms with Crippen molar-refractivity contribution in [3.05, 3.63) is 0 Å². The van der Waals surface area contributed by atoms with Gasteiger partial charge in [-0.05, 0) is 19.3 Å². The molecular formula is C25H45NO5. The van der Waals surface area contributed by atoms with E-state index in [0.717, 1.165) is 38.5 Å². The molecule has 1 fully saturated rings. The maximum absolute atomic E-state index is 12.0. The Labute approximate surface area is 189 Å². The van der Waals surface area contributed by atoms with Crippen molar-refractivity contribution in [2.75, 3.05) is 6.54 Å². The van der Waals surface area contributed by atoms with Gasteiger partial charge in [0.2, 0.25) is 6.41 Å². The first-order chi connectivity index (χ1) is 15.1. The van der Waals surface area contributed by atoms with Crippen LogP contribution in [-0.4, -0.2) is 37.1 Å². The summed E-state index contributed by atoms with van der Waals surface area (Å²) in [6.45, 7) is 4.28. The van der Waals surface area contributed by atoms with Gasteiger partial charge in [0, 0.05) is 6.42 Å². The van der Waals surface area contributed by atoms with Crippen LogP contribution in [0.3, 0.4) is 0 Å². The van der Waals surface area contributed by atoms with Crippen molar-refractivity contribution in [2.24, 2.45) is 5.92 Å². The van der Waals surface area contributed by atoms with E-state index >= 15 is 0 Å². The summed E-state index contributed by atoms with van der Waals surface area (Å²) in [4.78, 5) is 34.3. The van der Waals surface area contributed by atoms with Crippen molar-refractivity contribution in [3.63, 3.8) is 0 Å². The molecule has 31 heavy (non-hydrogen) atoms. The van der Waals surface area contributed by atoms with Gasteiger partial charge in [-0.2, -0.15) is 0 Å². The first-order valence-electron chi connectivity index (χ1n) is 12.7.